The number of carbonyl (C=O) groups is 1. The molecule has 0 bridgehead atoms. The average Bonchev–Trinajstić information content (AvgIpc) is 2.14. The van der Waals surface area contributed by atoms with E-state index in [1.54, 1.807) is 0 Å². The van der Waals surface area contributed by atoms with Crippen LogP contribution in [0.1, 0.15) is 41.5 Å². The van der Waals surface area contributed by atoms with Gasteiger partial charge >= 0.3 is 0 Å². The van der Waals surface area contributed by atoms with Crippen molar-refractivity contribution in [3.63, 3.8) is 0 Å². The second-order valence-electron chi connectivity index (χ2n) is 6.57. The summed E-state index contributed by atoms with van der Waals surface area (Å²) in [6.45, 7) is 14.5. The number of rotatable bonds is 1. The van der Waals surface area contributed by atoms with Crippen molar-refractivity contribution in [1.82, 2.24) is 4.90 Å². The Morgan fingerprint density at radius 1 is 1.19 bits per heavy atom. The predicted molar refractivity (Wildman–Crippen MR) is 65.5 cm³/mol. The molecule has 94 valence electrons. The highest BCUT2D eigenvalue weighted by Gasteiger charge is 2.39. The fourth-order valence-corrected chi connectivity index (χ4v) is 2.12. The first kappa shape index (κ1) is 13.7. The van der Waals surface area contributed by atoms with Crippen molar-refractivity contribution in [3.05, 3.63) is 0 Å². The second-order valence-corrected chi connectivity index (χ2v) is 6.57. The summed E-state index contributed by atoms with van der Waals surface area (Å²) < 4.78 is 5.46. The Kier molecular flexibility index (Phi) is 3.80. The van der Waals surface area contributed by atoms with Gasteiger partial charge in [-0.1, -0.05) is 20.8 Å². The Bertz CT molecular complexity index is 260. The average molecular weight is 227 g/mol. The summed E-state index contributed by atoms with van der Waals surface area (Å²) in [5.74, 6) is 0.280. The summed E-state index contributed by atoms with van der Waals surface area (Å²) >= 11 is 0. The summed E-state index contributed by atoms with van der Waals surface area (Å²) in [4.78, 5) is 14.6. The number of ether oxygens (including phenoxy) is 1. The molecule has 1 heterocycles. The van der Waals surface area contributed by atoms with Crippen LogP contribution in [0.15, 0.2) is 0 Å². The summed E-state index contributed by atoms with van der Waals surface area (Å²) in [6.07, 6.45) is 0. The van der Waals surface area contributed by atoms with Crippen molar-refractivity contribution in [3.8, 4) is 0 Å². The van der Waals surface area contributed by atoms with Crippen LogP contribution in [0.4, 0.5) is 0 Å². The highest BCUT2D eigenvalue weighted by Crippen LogP contribution is 2.26. The maximum absolute atomic E-state index is 12.4. The lowest BCUT2D eigenvalue weighted by Crippen LogP contribution is -2.59. The Morgan fingerprint density at radius 3 is 2.19 bits per heavy atom. The number of nitrogens with zero attached hydrogens (tertiary/aromatic N) is 1. The molecular weight excluding hydrogens is 202 g/mol. The van der Waals surface area contributed by atoms with E-state index in [0.29, 0.717) is 6.61 Å². The number of morpholine rings is 1. The van der Waals surface area contributed by atoms with E-state index in [0.717, 1.165) is 13.2 Å². The molecule has 1 rings (SSSR count). The minimum Gasteiger partial charge on any atom is -0.378 e. The zero-order valence-corrected chi connectivity index (χ0v) is 11.5. The van der Waals surface area contributed by atoms with Crippen LogP contribution in [0.25, 0.3) is 0 Å². The normalized spacial score (nSPS) is 24.5. The molecule has 0 unspecified atom stereocenters. The number of Topliss-reactive ketones (excluding diaryl/α,β-unsaturated/α-hetero) is 1. The van der Waals surface area contributed by atoms with Gasteiger partial charge in [-0.15, -0.1) is 0 Å². The molecule has 0 aromatic carbocycles. The van der Waals surface area contributed by atoms with Crippen LogP contribution in [0.3, 0.4) is 0 Å². The van der Waals surface area contributed by atoms with Gasteiger partial charge in [0.2, 0.25) is 0 Å². The quantitative estimate of drug-likeness (QED) is 0.687. The van der Waals surface area contributed by atoms with Gasteiger partial charge in [0.1, 0.15) is 0 Å². The Labute approximate surface area is 99.1 Å². The van der Waals surface area contributed by atoms with Crippen LogP contribution in [0.5, 0.6) is 0 Å². The van der Waals surface area contributed by atoms with Crippen LogP contribution in [-0.2, 0) is 9.53 Å². The molecule has 0 aromatic heterocycles. The van der Waals surface area contributed by atoms with Gasteiger partial charge < -0.3 is 4.74 Å². The molecule has 0 saturated carbocycles. The molecular formula is C13H25NO2. The molecule has 1 saturated heterocycles. The molecule has 1 aliphatic heterocycles. The van der Waals surface area contributed by atoms with Gasteiger partial charge in [-0.3, -0.25) is 9.69 Å². The monoisotopic (exact) mass is 227 g/mol. The van der Waals surface area contributed by atoms with Crippen molar-refractivity contribution in [2.75, 3.05) is 19.8 Å². The zero-order valence-electron chi connectivity index (χ0n) is 11.5. The predicted octanol–water partition coefficient (Wildman–Crippen LogP) is 2.10. The Balaban J connectivity index is 2.87. The third-order valence-corrected chi connectivity index (χ3v) is 3.03. The maximum atomic E-state index is 12.4. The first-order valence-electron chi connectivity index (χ1n) is 6.03. The van der Waals surface area contributed by atoms with Gasteiger partial charge in [-0.25, -0.2) is 0 Å². The van der Waals surface area contributed by atoms with E-state index in [2.05, 4.69) is 25.7 Å². The van der Waals surface area contributed by atoms with Gasteiger partial charge in [0.25, 0.3) is 0 Å². The number of hydrogen-bond acceptors (Lipinski definition) is 3. The molecule has 1 aliphatic rings. The molecule has 0 N–H and O–H groups in total. The largest absolute Gasteiger partial charge is 0.378 e. The highest BCUT2D eigenvalue weighted by atomic mass is 16.5. The second kappa shape index (κ2) is 4.46. The van der Waals surface area contributed by atoms with Crippen molar-refractivity contribution in [1.29, 1.82) is 0 Å². The van der Waals surface area contributed by atoms with Crippen molar-refractivity contribution >= 4 is 5.78 Å². The van der Waals surface area contributed by atoms with E-state index in [-0.39, 0.29) is 22.8 Å². The number of ketones is 1. The van der Waals surface area contributed by atoms with Crippen LogP contribution < -0.4 is 0 Å². The van der Waals surface area contributed by atoms with Crippen molar-refractivity contribution < 1.29 is 9.53 Å². The zero-order chi connectivity index (χ0) is 12.6. The lowest BCUT2D eigenvalue weighted by atomic mass is 9.84. The molecule has 0 aliphatic carbocycles. The lowest BCUT2D eigenvalue weighted by Gasteiger charge is -2.45. The van der Waals surface area contributed by atoms with Crippen LogP contribution in [0, 0.1) is 5.41 Å². The summed E-state index contributed by atoms with van der Waals surface area (Å²) in [5, 5.41) is 0. The van der Waals surface area contributed by atoms with Gasteiger partial charge in [0, 0.05) is 17.5 Å². The molecule has 16 heavy (non-hydrogen) atoms. The standard InChI is InChI=1S/C13H25NO2/c1-12(2,3)11(15)10-9-16-8-7-14(10)13(4,5)6/h10H,7-9H2,1-6H3/t10-/m0/s1. The smallest absolute Gasteiger partial charge is 0.157 e. The fourth-order valence-electron chi connectivity index (χ4n) is 2.12. The molecule has 3 heteroatoms. The van der Waals surface area contributed by atoms with Gasteiger partial charge in [-0.05, 0) is 20.8 Å². The number of carbonyl (C=O) groups excluding carboxylic acids is 1. The summed E-state index contributed by atoms with van der Waals surface area (Å²) in [5.41, 5.74) is -0.274. The Hall–Kier alpha value is -0.410. The third kappa shape index (κ3) is 3.05. The molecule has 3 nitrogen and oxygen atoms in total. The van der Waals surface area contributed by atoms with Crippen molar-refractivity contribution in [2.24, 2.45) is 5.41 Å². The first-order chi connectivity index (χ1) is 7.14. The van der Waals surface area contributed by atoms with Crippen LogP contribution >= 0.6 is 0 Å². The molecule has 0 amide bonds. The number of hydrogen-bond donors (Lipinski definition) is 0. The van der Waals surface area contributed by atoms with Gasteiger partial charge in [-0.2, -0.15) is 0 Å². The van der Waals surface area contributed by atoms with E-state index in [1.807, 2.05) is 20.8 Å². The first-order valence-corrected chi connectivity index (χ1v) is 6.03. The SMILES string of the molecule is CC(C)(C)C(=O)[C@@H]1COCCN1C(C)(C)C. The van der Waals surface area contributed by atoms with Gasteiger partial charge in [0.15, 0.2) is 5.78 Å². The molecule has 0 radical (unpaired) electrons. The lowest BCUT2D eigenvalue weighted by molar-refractivity contribution is -0.142. The van der Waals surface area contributed by atoms with Crippen molar-refractivity contribution in [2.45, 2.75) is 53.1 Å². The maximum Gasteiger partial charge on any atom is 0.157 e. The third-order valence-electron chi connectivity index (χ3n) is 3.03. The molecule has 1 atom stereocenters. The molecule has 1 fully saturated rings. The van der Waals surface area contributed by atoms with E-state index in [9.17, 15) is 4.79 Å². The minimum atomic E-state index is -0.297. The highest BCUT2D eigenvalue weighted by molar-refractivity contribution is 5.89. The summed E-state index contributed by atoms with van der Waals surface area (Å²) in [7, 11) is 0. The van der Waals surface area contributed by atoms with Crippen LogP contribution in [0.2, 0.25) is 0 Å². The van der Waals surface area contributed by atoms with E-state index in [4.69, 9.17) is 4.74 Å². The topological polar surface area (TPSA) is 29.5 Å². The van der Waals surface area contributed by atoms with E-state index < -0.39 is 0 Å². The van der Waals surface area contributed by atoms with E-state index in [1.165, 1.54) is 0 Å². The fraction of sp³-hybridized carbons (Fsp3) is 0.923. The molecule has 0 aromatic rings. The van der Waals surface area contributed by atoms with Crippen LogP contribution in [-0.4, -0.2) is 42.0 Å². The Morgan fingerprint density at radius 2 is 1.75 bits per heavy atom. The summed E-state index contributed by atoms with van der Waals surface area (Å²) in [6, 6.07) is -0.0891. The minimum absolute atomic E-state index is 0.0232. The van der Waals surface area contributed by atoms with E-state index >= 15 is 0 Å². The molecule has 0 spiro atoms. The van der Waals surface area contributed by atoms with Gasteiger partial charge in [0.05, 0.1) is 19.3 Å².